The number of halogens is 3. The summed E-state index contributed by atoms with van der Waals surface area (Å²) in [4.78, 5) is 0. The van der Waals surface area contributed by atoms with Crippen LogP contribution in [-0.2, 0) is 0 Å². The van der Waals surface area contributed by atoms with Crippen molar-refractivity contribution in [2.24, 2.45) is 0 Å². The normalized spacial score (nSPS) is 10.6. The first-order chi connectivity index (χ1) is 10.1. The molecule has 104 valence electrons. The van der Waals surface area contributed by atoms with Crippen LogP contribution in [0, 0.1) is 11.6 Å². The molecule has 0 amide bonds. The molecule has 3 aromatic carbocycles. The summed E-state index contributed by atoms with van der Waals surface area (Å²) in [6.07, 6.45) is 0. The lowest BCUT2D eigenvalue weighted by Gasteiger charge is -2.11. The fourth-order valence-corrected chi connectivity index (χ4v) is 2.43. The van der Waals surface area contributed by atoms with Crippen LogP contribution in [0.25, 0.3) is 22.3 Å². The molecule has 0 unspecified atom stereocenters. The lowest BCUT2D eigenvalue weighted by atomic mass is 9.94. The lowest BCUT2D eigenvalue weighted by Crippen LogP contribution is -1.90. The van der Waals surface area contributed by atoms with E-state index in [-0.39, 0.29) is 11.6 Å². The van der Waals surface area contributed by atoms with E-state index in [0.717, 1.165) is 11.1 Å². The summed E-state index contributed by atoms with van der Waals surface area (Å²) in [6, 6.07) is 17.9. The van der Waals surface area contributed by atoms with Gasteiger partial charge in [-0.05, 0) is 47.0 Å². The fourth-order valence-electron chi connectivity index (χ4n) is 2.30. The Morgan fingerprint density at radius 3 is 1.95 bits per heavy atom. The molecule has 0 fully saturated rings. The lowest BCUT2D eigenvalue weighted by molar-refractivity contribution is 0.626. The Bertz CT molecular complexity index is 762. The SMILES string of the molecule is Fc1ccc(-c2c(F)cccc2-c2ccc(Cl)cc2)cc1. The first kappa shape index (κ1) is 13.8. The standard InChI is InChI=1S/C18H11ClF2/c19-14-8-4-12(5-9-14)16-2-1-3-17(21)18(16)13-6-10-15(20)11-7-13/h1-11H. The van der Waals surface area contributed by atoms with Crippen molar-refractivity contribution in [1.82, 2.24) is 0 Å². The second-order valence-electron chi connectivity index (χ2n) is 4.68. The van der Waals surface area contributed by atoms with Crippen LogP contribution in [0.2, 0.25) is 5.02 Å². The third-order valence-electron chi connectivity index (χ3n) is 3.30. The smallest absolute Gasteiger partial charge is 0.131 e. The van der Waals surface area contributed by atoms with Crippen molar-refractivity contribution in [2.45, 2.75) is 0 Å². The number of hydrogen-bond acceptors (Lipinski definition) is 0. The summed E-state index contributed by atoms with van der Waals surface area (Å²) in [5.74, 6) is -0.683. The van der Waals surface area contributed by atoms with Gasteiger partial charge in [0.25, 0.3) is 0 Å². The Hall–Kier alpha value is -2.19. The average molecular weight is 301 g/mol. The van der Waals surface area contributed by atoms with Gasteiger partial charge in [-0.1, -0.05) is 48.0 Å². The predicted molar refractivity (Wildman–Crippen MR) is 82.2 cm³/mol. The molecule has 3 aromatic rings. The van der Waals surface area contributed by atoms with Gasteiger partial charge in [-0.3, -0.25) is 0 Å². The summed E-state index contributed by atoms with van der Waals surface area (Å²) in [5.41, 5.74) is 2.70. The molecular weight excluding hydrogens is 290 g/mol. The van der Waals surface area contributed by atoms with Crippen molar-refractivity contribution >= 4 is 11.6 Å². The fraction of sp³-hybridized carbons (Fsp3) is 0. The Labute approximate surface area is 126 Å². The molecule has 0 saturated carbocycles. The van der Waals surface area contributed by atoms with Crippen molar-refractivity contribution in [3.8, 4) is 22.3 Å². The van der Waals surface area contributed by atoms with Gasteiger partial charge in [-0.2, -0.15) is 0 Å². The third kappa shape index (κ3) is 2.81. The van der Waals surface area contributed by atoms with E-state index in [1.54, 1.807) is 30.3 Å². The quantitative estimate of drug-likeness (QED) is 0.548. The molecule has 0 saturated heterocycles. The van der Waals surface area contributed by atoms with Gasteiger partial charge >= 0.3 is 0 Å². The van der Waals surface area contributed by atoms with Gasteiger partial charge in [0, 0.05) is 10.6 Å². The minimum Gasteiger partial charge on any atom is -0.207 e. The number of hydrogen-bond donors (Lipinski definition) is 0. The van der Waals surface area contributed by atoms with Gasteiger partial charge in [0.05, 0.1) is 0 Å². The van der Waals surface area contributed by atoms with E-state index in [2.05, 4.69) is 0 Å². The summed E-state index contributed by atoms with van der Waals surface area (Å²) in [5, 5.41) is 0.624. The number of benzene rings is 3. The van der Waals surface area contributed by atoms with Crippen LogP contribution in [0.1, 0.15) is 0 Å². The summed E-state index contributed by atoms with van der Waals surface area (Å²) in [6.45, 7) is 0. The second kappa shape index (κ2) is 5.66. The van der Waals surface area contributed by atoms with Crippen LogP contribution in [0.3, 0.4) is 0 Å². The van der Waals surface area contributed by atoms with E-state index in [1.165, 1.54) is 18.2 Å². The van der Waals surface area contributed by atoms with Crippen molar-refractivity contribution in [1.29, 1.82) is 0 Å². The zero-order valence-electron chi connectivity index (χ0n) is 11.0. The highest BCUT2D eigenvalue weighted by atomic mass is 35.5. The molecule has 3 heteroatoms. The molecule has 0 atom stereocenters. The molecule has 0 aromatic heterocycles. The molecule has 0 heterocycles. The molecule has 3 rings (SSSR count). The maximum atomic E-state index is 14.3. The average Bonchev–Trinajstić information content (AvgIpc) is 2.49. The second-order valence-corrected chi connectivity index (χ2v) is 5.11. The van der Waals surface area contributed by atoms with Crippen molar-refractivity contribution in [3.05, 3.63) is 83.4 Å². The van der Waals surface area contributed by atoms with Crippen LogP contribution in [0.4, 0.5) is 8.78 Å². The zero-order chi connectivity index (χ0) is 14.8. The predicted octanol–water partition coefficient (Wildman–Crippen LogP) is 5.95. The maximum absolute atomic E-state index is 14.3. The van der Waals surface area contributed by atoms with Crippen LogP contribution in [0.15, 0.2) is 66.7 Å². The Balaban J connectivity index is 2.20. The van der Waals surface area contributed by atoms with Gasteiger partial charge in [0.1, 0.15) is 11.6 Å². The van der Waals surface area contributed by atoms with Crippen LogP contribution < -0.4 is 0 Å². The minimum atomic E-state index is -0.344. The molecule has 0 nitrogen and oxygen atoms in total. The highest BCUT2D eigenvalue weighted by molar-refractivity contribution is 6.30. The highest BCUT2D eigenvalue weighted by Gasteiger charge is 2.12. The minimum absolute atomic E-state index is 0.339. The van der Waals surface area contributed by atoms with Gasteiger partial charge in [-0.15, -0.1) is 0 Å². The third-order valence-corrected chi connectivity index (χ3v) is 3.55. The zero-order valence-corrected chi connectivity index (χ0v) is 11.7. The Morgan fingerprint density at radius 2 is 1.29 bits per heavy atom. The summed E-state index contributed by atoms with van der Waals surface area (Å²) in [7, 11) is 0. The molecule has 21 heavy (non-hydrogen) atoms. The Kier molecular flexibility index (Phi) is 3.72. The topological polar surface area (TPSA) is 0 Å². The highest BCUT2D eigenvalue weighted by Crippen LogP contribution is 2.34. The van der Waals surface area contributed by atoms with E-state index in [0.29, 0.717) is 16.1 Å². The van der Waals surface area contributed by atoms with Crippen LogP contribution >= 0.6 is 11.6 Å². The van der Waals surface area contributed by atoms with Gasteiger partial charge in [0.2, 0.25) is 0 Å². The van der Waals surface area contributed by atoms with E-state index >= 15 is 0 Å². The van der Waals surface area contributed by atoms with E-state index in [1.807, 2.05) is 18.2 Å². The molecule has 0 bridgehead atoms. The van der Waals surface area contributed by atoms with E-state index in [4.69, 9.17) is 11.6 Å². The molecule has 0 aliphatic heterocycles. The molecule has 0 aliphatic rings. The van der Waals surface area contributed by atoms with Crippen LogP contribution in [-0.4, -0.2) is 0 Å². The maximum Gasteiger partial charge on any atom is 0.131 e. The molecular formula is C18H11ClF2. The molecule has 0 N–H and O–H groups in total. The summed E-state index contributed by atoms with van der Waals surface area (Å²) < 4.78 is 27.3. The van der Waals surface area contributed by atoms with E-state index < -0.39 is 0 Å². The first-order valence-corrected chi connectivity index (χ1v) is 6.83. The monoisotopic (exact) mass is 300 g/mol. The largest absolute Gasteiger partial charge is 0.207 e. The Morgan fingerprint density at radius 1 is 0.667 bits per heavy atom. The van der Waals surface area contributed by atoms with Crippen molar-refractivity contribution < 1.29 is 8.78 Å². The first-order valence-electron chi connectivity index (χ1n) is 6.45. The van der Waals surface area contributed by atoms with Crippen molar-refractivity contribution in [2.75, 3.05) is 0 Å². The van der Waals surface area contributed by atoms with Gasteiger partial charge in [0.15, 0.2) is 0 Å². The van der Waals surface area contributed by atoms with E-state index in [9.17, 15) is 8.78 Å². The molecule has 0 radical (unpaired) electrons. The van der Waals surface area contributed by atoms with Gasteiger partial charge < -0.3 is 0 Å². The van der Waals surface area contributed by atoms with Crippen LogP contribution in [0.5, 0.6) is 0 Å². The number of rotatable bonds is 2. The summed E-state index contributed by atoms with van der Waals surface area (Å²) >= 11 is 5.89. The van der Waals surface area contributed by atoms with Gasteiger partial charge in [-0.25, -0.2) is 8.78 Å². The molecule has 0 spiro atoms. The van der Waals surface area contributed by atoms with Crippen molar-refractivity contribution in [3.63, 3.8) is 0 Å². The molecule has 0 aliphatic carbocycles.